The molecule has 0 saturated carbocycles. The van der Waals surface area contributed by atoms with E-state index in [1.165, 1.54) is 6.20 Å². The molecule has 0 aliphatic rings. The van der Waals surface area contributed by atoms with Gasteiger partial charge in [0.15, 0.2) is 0 Å². The van der Waals surface area contributed by atoms with Gasteiger partial charge >= 0.3 is 5.97 Å². The van der Waals surface area contributed by atoms with Gasteiger partial charge < -0.3 is 10.1 Å². The maximum Gasteiger partial charge on any atom is 0.341 e. The van der Waals surface area contributed by atoms with Gasteiger partial charge in [-0.2, -0.15) is 0 Å². The fourth-order valence-corrected chi connectivity index (χ4v) is 1.35. The summed E-state index contributed by atoms with van der Waals surface area (Å²) in [6, 6.07) is 0. The average Bonchev–Trinajstić information content (AvgIpc) is 2.35. The summed E-state index contributed by atoms with van der Waals surface area (Å²) >= 11 is 0. The van der Waals surface area contributed by atoms with Gasteiger partial charge in [0.25, 0.3) is 0 Å². The monoisotopic (exact) mass is 247 g/mol. The van der Waals surface area contributed by atoms with Crippen molar-refractivity contribution in [1.29, 1.82) is 0 Å². The molecule has 1 heterocycles. The van der Waals surface area contributed by atoms with Gasteiger partial charge in [-0.05, 0) is 20.3 Å². The molecular formula is C13H17N3O2. The molecule has 0 unspecified atom stereocenters. The van der Waals surface area contributed by atoms with Gasteiger partial charge in [-0.15, -0.1) is 12.3 Å². The molecule has 0 atom stereocenters. The summed E-state index contributed by atoms with van der Waals surface area (Å²) in [6.07, 6.45) is 8.20. The summed E-state index contributed by atoms with van der Waals surface area (Å²) in [5, 5.41) is 3.05. The Morgan fingerprint density at radius 1 is 1.61 bits per heavy atom. The molecule has 0 aliphatic heterocycles. The first kappa shape index (κ1) is 14.0. The van der Waals surface area contributed by atoms with Crippen molar-refractivity contribution in [3.63, 3.8) is 0 Å². The molecule has 1 aromatic heterocycles. The van der Waals surface area contributed by atoms with Crippen molar-refractivity contribution < 1.29 is 9.53 Å². The van der Waals surface area contributed by atoms with E-state index in [2.05, 4.69) is 21.2 Å². The predicted octanol–water partition coefficient (Wildman–Crippen LogP) is 1.79. The topological polar surface area (TPSA) is 64.1 Å². The van der Waals surface area contributed by atoms with E-state index in [-0.39, 0.29) is 0 Å². The summed E-state index contributed by atoms with van der Waals surface area (Å²) in [7, 11) is 0. The van der Waals surface area contributed by atoms with Crippen molar-refractivity contribution in [2.45, 2.75) is 26.7 Å². The molecule has 1 aromatic rings. The van der Waals surface area contributed by atoms with Crippen LogP contribution in [-0.4, -0.2) is 29.1 Å². The first-order valence-electron chi connectivity index (χ1n) is 5.87. The Morgan fingerprint density at radius 3 is 3.00 bits per heavy atom. The summed E-state index contributed by atoms with van der Waals surface area (Å²) in [4.78, 5) is 19.8. The zero-order valence-corrected chi connectivity index (χ0v) is 10.7. The quantitative estimate of drug-likeness (QED) is 0.471. The van der Waals surface area contributed by atoms with E-state index < -0.39 is 5.97 Å². The van der Waals surface area contributed by atoms with Gasteiger partial charge in [0.1, 0.15) is 0 Å². The second-order valence-electron chi connectivity index (χ2n) is 3.65. The molecule has 0 aliphatic carbocycles. The second-order valence-corrected chi connectivity index (χ2v) is 3.65. The highest BCUT2D eigenvalue weighted by Gasteiger charge is 2.12. The smallest absolute Gasteiger partial charge is 0.341 e. The number of terminal acetylenes is 1. The SMILES string of the molecule is C#CCCCNc1ncc(C(=O)OCC)c(C)n1. The number of hydrogen-bond acceptors (Lipinski definition) is 5. The standard InChI is InChI=1S/C13H17N3O2/c1-4-6-7-8-14-13-15-9-11(10(3)16-13)12(17)18-5-2/h1,9H,5-8H2,2-3H3,(H,14,15,16). The predicted molar refractivity (Wildman–Crippen MR) is 69.3 cm³/mol. The van der Waals surface area contributed by atoms with Crippen LogP contribution < -0.4 is 5.32 Å². The van der Waals surface area contributed by atoms with E-state index in [1.54, 1.807) is 13.8 Å². The van der Waals surface area contributed by atoms with Crippen molar-refractivity contribution in [2.24, 2.45) is 0 Å². The van der Waals surface area contributed by atoms with Gasteiger partial charge in [0.2, 0.25) is 5.95 Å². The van der Waals surface area contributed by atoms with E-state index in [0.29, 0.717) is 36.8 Å². The molecule has 18 heavy (non-hydrogen) atoms. The molecule has 0 amide bonds. The maximum atomic E-state index is 11.5. The Bertz CT molecular complexity index is 452. The first-order valence-corrected chi connectivity index (χ1v) is 5.87. The van der Waals surface area contributed by atoms with E-state index >= 15 is 0 Å². The number of carbonyl (C=O) groups excluding carboxylic acids is 1. The number of rotatable bonds is 6. The molecule has 0 spiro atoms. The van der Waals surface area contributed by atoms with E-state index in [9.17, 15) is 4.79 Å². The number of aryl methyl sites for hydroxylation is 1. The molecule has 5 heteroatoms. The maximum absolute atomic E-state index is 11.5. The number of ether oxygens (including phenoxy) is 1. The first-order chi connectivity index (χ1) is 8.69. The van der Waals surface area contributed by atoms with Crippen LogP contribution in [0, 0.1) is 19.3 Å². The van der Waals surface area contributed by atoms with Crippen molar-refractivity contribution in [1.82, 2.24) is 9.97 Å². The van der Waals surface area contributed by atoms with Crippen molar-refractivity contribution in [2.75, 3.05) is 18.5 Å². The minimum atomic E-state index is -0.395. The molecule has 5 nitrogen and oxygen atoms in total. The minimum absolute atomic E-state index is 0.338. The van der Waals surface area contributed by atoms with Gasteiger partial charge in [0.05, 0.1) is 17.9 Å². The third kappa shape index (κ3) is 4.06. The van der Waals surface area contributed by atoms with Crippen LogP contribution in [0.1, 0.15) is 35.8 Å². The minimum Gasteiger partial charge on any atom is -0.462 e. The van der Waals surface area contributed by atoms with Gasteiger partial charge in [-0.25, -0.2) is 14.8 Å². The fourth-order valence-electron chi connectivity index (χ4n) is 1.35. The zero-order valence-electron chi connectivity index (χ0n) is 10.7. The number of esters is 1. The molecule has 96 valence electrons. The summed E-state index contributed by atoms with van der Waals surface area (Å²) < 4.78 is 4.90. The lowest BCUT2D eigenvalue weighted by atomic mass is 10.2. The van der Waals surface area contributed by atoms with Crippen LogP contribution in [0.15, 0.2) is 6.20 Å². The second kappa shape index (κ2) is 7.28. The summed E-state index contributed by atoms with van der Waals surface area (Å²) in [5.74, 6) is 2.66. The van der Waals surface area contributed by atoms with E-state index in [4.69, 9.17) is 11.2 Å². The van der Waals surface area contributed by atoms with Crippen LogP contribution in [0.2, 0.25) is 0 Å². The Hall–Kier alpha value is -2.09. The highest BCUT2D eigenvalue weighted by atomic mass is 16.5. The summed E-state index contributed by atoms with van der Waals surface area (Å²) in [6.45, 7) is 4.56. The van der Waals surface area contributed by atoms with Crippen LogP contribution in [0.5, 0.6) is 0 Å². The van der Waals surface area contributed by atoms with Gasteiger partial charge in [-0.1, -0.05) is 0 Å². The molecule has 0 bridgehead atoms. The summed E-state index contributed by atoms with van der Waals surface area (Å²) in [5.41, 5.74) is 0.994. The van der Waals surface area contributed by atoms with Crippen LogP contribution in [0.4, 0.5) is 5.95 Å². The Labute approximate surface area is 107 Å². The normalized spacial score (nSPS) is 9.61. The Morgan fingerprint density at radius 2 is 2.39 bits per heavy atom. The lowest BCUT2D eigenvalue weighted by Crippen LogP contribution is -2.11. The number of nitrogens with one attached hydrogen (secondary N) is 1. The third-order valence-electron chi connectivity index (χ3n) is 2.26. The molecule has 0 saturated heterocycles. The van der Waals surface area contributed by atoms with E-state index in [0.717, 1.165) is 6.42 Å². The number of nitrogens with zero attached hydrogens (tertiary/aromatic N) is 2. The lowest BCUT2D eigenvalue weighted by molar-refractivity contribution is 0.0524. The number of anilines is 1. The molecule has 0 aromatic carbocycles. The number of hydrogen-bond donors (Lipinski definition) is 1. The molecule has 1 N–H and O–H groups in total. The Kier molecular flexibility index (Phi) is 5.65. The van der Waals surface area contributed by atoms with Gasteiger partial charge in [-0.3, -0.25) is 0 Å². The molecular weight excluding hydrogens is 230 g/mol. The van der Waals surface area contributed by atoms with Crippen molar-refractivity contribution in [3.05, 3.63) is 17.5 Å². The number of unbranched alkanes of at least 4 members (excludes halogenated alkanes) is 1. The fraction of sp³-hybridized carbons (Fsp3) is 0.462. The average molecular weight is 247 g/mol. The largest absolute Gasteiger partial charge is 0.462 e. The van der Waals surface area contributed by atoms with Gasteiger partial charge in [0, 0.05) is 19.2 Å². The molecule has 0 radical (unpaired) electrons. The van der Waals surface area contributed by atoms with E-state index in [1.807, 2.05) is 0 Å². The van der Waals surface area contributed by atoms with Crippen molar-refractivity contribution >= 4 is 11.9 Å². The molecule has 1 rings (SSSR count). The Balaban J connectivity index is 2.62. The van der Waals surface area contributed by atoms with Crippen molar-refractivity contribution in [3.8, 4) is 12.3 Å². The number of aromatic nitrogens is 2. The molecule has 0 fully saturated rings. The highest BCUT2D eigenvalue weighted by Crippen LogP contribution is 2.08. The number of carbonyl (C=O) groups is 1. The van der Waals surface area contributed by atoms with Crippen LogP contribution in [-0.2, 0) is 4.74 Å². The van der Waals surface area contributed by atoms with Crippen LogP contribution in [0.25, 0.3) is 0 Å². The van der Waals surface area contributed by atoms with Crippen LogP contribution in [0.3, 0.4) is 0 Å². The third-order valence-corrected chi connectivity index (χ3v) is 2.26. The van der Waals surface area contributed by atoms with Crippen LogP contribution >= 0.6 is 0 Å². The lowest BCUT2D eigenvalue weighted by Gasteiger charge is -2.07. The highest BCUT2D eigenvalue weighted by molar-refractivity contribution is 5.90. The zero-order chi connectivity index (χ0) is 13.4.